The maximum atomic E-state index is 11.6. The fourth-order valence-electron chi connectivity index (χ4n) is 5.25. The van der Waals surface area contributed by atoms with E-state index in [0.29, 0.717) is 6.42 Å². The summed E-state index contributed by atoms with van der Waals surface area (Å²) in [5.74, 6) is 2.64. The van der Waals surface area contributed by atoms with Gasteiger partial charge in [0.15, 0.2) is 0 Å². The summed E-state index contributed by atoms with van der Waals surface area (Å²) in [6.07, 6.45) is 6.54. The van der Waals surface area contributed by atoms with Gasteiger partial charge in [-0.2, -0.15) is 5.26 Å². The highest BCUT2D eigenvalue weighted by Gasteiger charge is 2.46. The normalized spacial score (nSPS) is 27.6. The van der Waals surface area contributed by atoms with Crippen molar-refractivity contribution < 1.29 is 4.79 Å². The van der Waals surface area contributed by atoms with E-state index in [4.69, 9.17) is 0 Å². The van der Waals surface area contributed by atoms with E-state index in [1.54, 1.807) is 6.92 Å². The van der Waals surface area contributed by atoms with Gasteiger partial charge in [-0.1, -0.05) is 30.3 Å². The van der Waals surface area contributed by atoms with E-state index < -0.39 is 0 Å². The minimum absolute atomic E-state index is 0.0172. The zero-order valence-corrected chi connectivity index (χ0v) is 16.4. The molecule has 4 rings (SSSR count). The summed E-state index contributed by atoms with van der Waals surface area (Å²) in [7, 11) is 0. The van der Waals surface area contributed by atoms with Gasteiger partial charge in [0.25, 0.3) is 0 Å². The number of rotatable bonds is 6. The van der Waals surface area contributed by atoms with Crippen molar-refractivity contribution in [3.63, 3.8) is 0 Å². The molecule has 1 aromatic carbocycles. The van der Waals surface area contributed by atoms with E-state index >= 15 is 0 Å². The fraction of sp³-hybridized carbons (Fsp3) is 0.652. The zero-order valence-electron chi connectivity index (χ0n) is 16.4. The maximum Gasteiger partial charge on any atom is 0.219 e. The molecule has 2 unspecified atom stereocenters. The molecule has 2 aliphatic heterocycles. The molecular weight excluding hydrogens is 334 g/mol. The minimum atomic E-state index is 0.0172. The summed E-state index contributed by atoms with van der Waals surface area (Å²) in [4.78, 5) is 16.1. The van der Waals surface area contributed by atoms with Crippen LogP contribution in [0.25, 0.3) is 0 Å². The SMILES string of the molecule is CC(=O)N1CCC(CC#N)(N2CC(CCC3CC3c3ccccc3)C2)CC1. The molecule has 1 aliphatic carbocycles. The largest absolute Gasteiger partial charge is 0.343 e. The van der Waals surface area contributed by atoms with Gasteiger partial charge in [0.05, 0.1) is 12.5 Å². The molecule has 3 fully saturated rings. The van der Waals surface area contributed by atoms with E-state index in [1.165, 1.54) is 24.8 Å². The number of carbonyl (C=O) groups excluding carboxylic acids is 1. The molecule has 0 N–H and O–H groups in total. The van der Waals surface area contributed by atoms with E-state index in [1.807, 2.05) is 4.90 Å². The predicted molar refractivity (Wildman–Crippen MR) is 106 cm³/mol. The summed E-state index contributed by atoms with van der Waals surface area (Å²) in [6, 6.07) is 13.4. The minimum Gasteiger partial charge on any atom is -0.343 e. The standard InChI is InChI=1S/C23H31N3O/c1-18(27)25-13-10-23(9-12-24,11-14-25)26-16-19(17-26)7-8-21-15-22(21)20-5-3-2-4-6-20/h2-6,19,21-22H,7-11,13-17H2,1H3. The van der Waals surface area contributed by atoms with Gasteiger partial charge in [-0.3, -0.25) is 9.69 Å². The van der Waals surface area contributed by atoms with Gasteiger partial charge in [-0.05, 0) is 55.4 Å². The lowest BCUT2D eigenvalue weighted by molar-refractivity contribution is -0.133. The number of piperidine rings is 1. The molecular formula is C23H31N3O. The highest BCUT2D eigenvalue weighted by Crippen LogP contribution is 2.51. The molecule has 0 bridgehead atoms. The summed E-state index contributed by atoms with van der Waals surface area (Å²) in [5, 5.41) is 9.36. The Morgan fingerprint density at radius 3 is 2.52 bits per heavy atom. The smallest absolute Gasteiger partial charge is 0.219 e. The second-order valence-electron chi connectivity index (χ2n) is 8.93. The van der Waals surface area contributed by atoms with E-state index in [-0.39, 0.29) is 11.4 Å². The number of nitriles is 1. The highest BCUT2D eigenvalue weighted by molar-refractivity contribution is 5.73. The molecule has 1 aromatic rings. The molecule has 3 aliphatic rings. The number of benzene rings is 1. The summed E-state index contributed by atoms with van der Waals surface area (Å²) < 4.78 is 0. The first-order chi connectivity index (χ1) is 13.1. The van der Waals surface area contributed by atoms with Crippen molar-refractivity contribution in [2.45, 2.75) is 56.9 Å². The first-order valence-corrected chi connectivity index (χ1v) is 10.5. The lowest BCUT2D eigenvalue weighted by atomic mass is 9.78. The van der Waals surface area contributed by atoms with Gasteiger partial charge in [-0.25, -0.2) is 0 Å². The number of carbonyl (C=O) groups is 1. The van der Waals surface area contributed by atoms with Gasteiger partial charge >= 0.3 is 0 Å². The molecule has 4 heteroatoms. The van der Waals surface area contributed by atoms with Crippen LogP contribution in [0.5, 0.6) is 0 Å². The van der Waals surface area contributed by atoms with Crippen LogP contribution in [0, 0.1) is 23.2 Å². The molecule has 2 saturated heterocycles. The average molecular weight is 366 g/mol. The quantitative estimate of drug-likeness (QED) is 0.770. The van der Waals surface area contributed by atoms with Crippen LogP contribution < -0.4 is 0 Å². The Morgan fingerprint density at radius 2 is 1.89 bits per heavy atom. The van der Waals surface area contributed by atoms with Crippen LogP contribution in [0.4, 0.5) is 0 Å². The van der Waals surface area contributed by atoms with Gasteiger partial charge < -0.3 is 4.90 Å². The molecule has 27 heavy (non-hydrogen) atoms. The Bertz CT molecular complexity index is 696. The Hall–Kier alpha value is -1.86. The Balaban J connectivity index is 1.23. The monoisotopic (exact) mass is 365 g/mol. The topological polar surface area (TPSA) is 47.3 Å². The van der Waals surface area contributed by atoms with E-state index in [2.05, 4.69) is 41.3 Å². The maximum absolute atomic E-state index is 11.6. The Kier molecular flexibility index (Phi) is 5.23. The molecule has 4 nitrogen and oxygen atoms in total. The molecule has 2 atom stereocenters. The van der Waals surface area contributed by atoms with Crippen LogP contribution >= 0.6 is 0 Å². The summed E-state index contributed by atoms with van der Waals surface area (Å²) >= 11 is 0. The second-order valence-corrected chi connectivity index (χ2v) is 8.93. The number of amides is 1. The van der Waals surface area contributed by atoms with Crippen molar-refractivity contribution in [1.29, 1.82) is 5.26 Å². The van der Waals surface area contributed by atoms with Crippen molar-refractivity contribution in [3.8, 4) is 6.07 Å². The van der Waals surface area contributed by atoms with Crippen LogP contribution in [0.1, 0.15) is 56.9 Å². The van der Waals surface area contributed by atoms with Crippen LogP contribution in [-0.2, 0) is 4.79 Å². The van der Waals surface area contributed by atoms with Crippen molar-refractivity contribution in [3.05, 3.63) is 35.9 Å². The Labute approximate surface area is 163 Å². The lowest BCUT2D eigenvalue weighted by Crippen LogP contribution is -2.63. The van der Waals surface area contributed by atoms with Crippen molar-refractivity contribution >= 4 is 5.91 Å². The number of hydrogen-bond donors (Lipinski definition) is 0. The second kappa shape index (κ2) is 7.64. The van der Waals surface area contributed by atoms with Gasteiger partial charge in [0.1, 0.15) is 0 Å². The molecule has 1 amide bonds. The molecule has 2 heterocycles. The number of likely N-dealkylation sites (tertiary alicyclic amines) is 2. The number of hydrogen-bond acceptors (Lipinski definition) is 3. The molecule has 144 valence electrons. The third-order valence-corrected chi connectivity index (χ3v) is 7.27. The van der Waals surface area contributed by atoms with Crippen LogP contribution in [-0.4, -0.2) is 47.4 Å². The Morgan fingerprint density at radius 1 is 1.19 bits per heavy atom. The van der Waals surface area contributed by atoms with Gasteiger partial charge in [-0.15, -0.1) is 0 Å². The molecule has 1 saturated carbocycles. The van der Waals surface area contributed by atoms with E-state index in [9.17, 15) is 10.1 Å². The van der Waals surface area contributed by atoms with Gasteiger partial charge in [0.2, 0.25) is 5.91 Å². The predicted octanol–water partition coefficient (Wildman–Crippen LogP) is 3.80. The summed E-state index contributed by atoms with van der Waals surface area (Å²) in [6.45, 7) is 5.55. The van der Waals surface area contributed by atoms with E-state index in [0.717, 1.165) is 56.8 Å². The van der Waals surface area contributed by atoms with Crippen molar-refractivity contribution in [2.24, 2.45) is 11.8 Å². The molecule has 0 aromatic heterocycles. The first-order valence-electron chi connectivity index (χ1n) is 10.5. The summed E-state index contributed by atoms with van der Waals surface area (Å²) in [5.41, 5.74) is 1.53. The molecule has 0 radical (unpaired) electrons. The van der Waals surface area contributed by atoms with Crippen LogP contribution in [0.2, 0.25) is 0 Å². The van der Waals surface area contributed by atoms with Crippen molar-refractivity contribution in [1.82, 2.24) is 9.80 Å². The highest BCUT2D eigenvalue weighted by atomic mass is 16.2. The molecule has 0 spiro atoms. The lowest BCUT2D eigenvalue weighted by Gasteiger charge is -2.54. The average Bonchev–Trinajstić information content (AvgIpc) is 3.41. The third kappa shape index (κ3) is 3.89. The van der Waals surface area contributed by atoms with Crippen LogP contribution in [0.3, 0.4) is 0 Å². The number of nitrogens with zero attached hydrogens (tertiary/aromatic N) is 3. The van der Waals surface area contributed by atoms with Gasteiger partial charge in [0, 0.05) is 38.6 Å². The third-order valence-electron chi connectivity index (χ3n) is 7.27. The zero-order chi connectivity index (χ0) is 18.9. The first kappa shape index (κ1) is 18.5. The van der Waals surface area contributed by atoms with Crippen molar-refractivity contribution in [2.75, 3.05) is 26.2 Å². The van der Waals surface area contributed by atoms with Crippen LogP contribution in [0.15, 0.2) is 30.3 Å². The fourth-order valence-corrected chi connectivity index (χ4v) is 5.25.